The summed E-state index contributed by atoms with van der Waals surface area (Å²) in [7, 11) is 1.70. The van der Waals surface area contributed by atoms with Crippen LogP contribution in [0.15, 0.2) is 18.2 Å². The first-order valence-corrected chi connectivity index (χ1v) is 6.67. The number of ether oxygens (including phenoxy) is 1. The summed E-state index contributed by atoms with van der Waals surface area (Å²) in [4.78, 5) is 0. The molecule has 0 aliphatic rings. The van der Waals surface area contributed by atoms with E-state index < -0.39 is 5.60 Å². The van der Waals surface area contributed by atoms with E-state index in [1.165, 1.54) is 11.1 Å². The maximum absolute atomic E-state index is 10.4. The third-order valence-corrected chi connectivity index (χ3v) is 3.72. The van der Waals surface area contributed by atoms with Gasteiger partial charge in [0.2, 0.25) is 0 Å². The Morgan fingerprint density at radius 3 is 2.28 bits per heavy atom. The minimum absolute atomic E-state index is 0.238. The van der Waals surface area contributed by atoms with Crippen molar-refractivity contribution in [3.05, 3.63) is 29.3 Å². The zero-order valence-electron chi connectivity index (χ0n) is 12.4. The van der Waals surface area contributed by atoms with E-state index in [4.69, 9.17) is 4.74 Å². The first-order valence-electron chi connectivity index (χ1n) is 6.67. The van der Waals surface area contributed by atoms with Crippen LogP contribution in [0.25, 0.3) is 0 Å². The normalized spacial score (nSPS) is 14.9. The Bertz CT molecular complexity index is 392. The van der Waals surface area contributed by atoms with Crippen molar-refractivity contribution in [2.24, 2.45) is 5.92 Å². The zero-order valence-corrected chi connectivity index (χ0v) is 12.4. The quantitative estimate of drug-likeness (QED) is 0.862. The van der Waals surface area contributed by atoms with Crippen molar-refractivity contribution in [1.29, 1.82) is 0 Å². The van der Waals surface area contributed by atoms with Crippen LogP contribution in [0.1, 0.15) is 51.7 Å². The number of rotatable bonds is 5. The molecule has 0 radical (unpaired) electrons. The fourth-order valence-corrected chi connectivity index (χ4v) is 1.96. The van der Waals surface area contributed by atoms with Gasteiger partial charge >= 0.3 is 0 Å². The second-order valence-electron chi connectivity index (χ2n) is 5.92. The van der Waals surface area contributed by atoms with Gasteiger partial charge in [0.1, 0.15) is 5.75 Å². The van der Waals surface area contributed by atoms with Crippen molar-refractivity contribution in [1.82, 2.24) is 0 Å². The molecule has 0 spiro atoms. The van der Waals surface area contributed by atoms with E-state index in [0.29, 0.717) is 12.3 Å². The smallest absolute Gasteiger partial charge is 0.122 e. The van der Waals surface area contributed by atoms with Crippen LogP contribution in [0.3, 0.4) is 0 Å². The lowest BCUT2D eigenvalue weighted by Crippen LogP contribution is -2.33. The second kappa shape index (κ2) is 5.75. The third kappa shape index (κ3) is 3.49. The van der Waals surface area contributed by atoms with Crippen LogP contribution in [0, 0.1) is 5.92 Å². The summed E-state index contributed by atoms with van der Waals surface area (Å²) in [5.74, 6) is 1.59. The van der Waals surface area contributed by atoms with Crippen molar-refractivity contribution in [2.75, 3.05) is 7.11 Å². The molecule has 1 rings (SSSR count). The number of hydrogen-bond donors (Lipinski definition) is 1. The summed E-state index contributed by atoms with van der Waals surface area (Å²) >= 11 is 0. The van der Waals surface area contributed by atoms with E-state index in [9.17, 15) is 5.11 Å². The van der Waals surface area contributed by atoms with Crippen LogP contribution >= 0.6 is 0 Å². The summed E-state index contributed by atoms with van der Waals surface area (Å²) in [5, 5.41) is 10.4. The number of aliphatic hydroxyl groups is 1. The van der Waals surface area contributed by atoms with Crippen molar-refractivity contribution in [2.45, 2.75) is 52.6 Å². The van der Waals surface area contributed by atoms with Gasteiger partial charge in [-0.1, -0.05) is 39.8 Å². The van der Waals surface area contributed by atoms with Gasteiger partial charge in [-0.3, -0.25) is 0 Å². The summed E-state index contributed by atoms with van der Waals surface area (Å²) in [6.07, 6.45) is 0.675. The van der Waals surface area contributed by atoms with Crippen LogP contribution in [0.5, 0.6) is 5.75 Å². The molecule has 18 heavy (non-hydrogen) atoms. The van der Waals surface area contributed by atoms with Crippen molar-refractivity contribution >= 4 is 0 Å². The first kappa shape index (κ1) is 15.0. The molecule has 0 saturated carbocycles. The molecule has 102 valence electrons. The zero-order chi connectivity index (χ0) is 13.9. The lowest BCUT2D eigenvalue weighted by molar-refractivity contribution is 0.0139. The van der Waals surface area contributed by atoms with Gasteiger partial charge in [0.05, 0.1) is 12.7 Å². The molecule has 1 aromatic carbocycles. The fraction of sp³-hybridized carbons (Fsp3) is 0.625. The Balaban J connectivity index is 3.02. The van der Waals surface area contributed by atoms with Crippen LogP contribution in [-0.4, -0.2) is 17.8 Å². The van der Waals surface area contributed by atoms with Gasteiger partial charge < -0.3 is 9.84 Å². The lowest BCUT2D eigenvalue weighted by atomic mass is 9.85. The predicted molar refractivity (Wildman–Crippen MR) is 76.2 cm³/mol. The minimum Gasteiger partial charge on any atom is -0.496 e. The summed E-state index contributed by atoms with van der Waals surface area (Å²) in [5.41, 5.74) is 1.70. The van der Waals surface area contributed by atoms with Gasteiger partial charge in [-0.2, -0.15) is 0 Å². The Kier molecular flexibility index (Phi) is 4.80. The molecule has 0 heterocycles. The van der Waals surface area contributed by atoms with Gasteiger partial charge in [0, 0.05) is 6.42 Å². The van der Waals surface area contributed by atoms with Gasteiger partial charge in [0.15, 0.2) is 0 Å². The summed E-state index contributed by atoms with van der Waals surface area (Å²) < 4.78 is 5.38. The Morgan fingerprint density at radius 2 is 1.83 bits per heavy atom. The van der Waals surface area contributed by atoms with E-state index in [-0.39, 0.29) is 5.92 Å². The molecule has 1 atom stereocenters. The molecule has 1 N–H and O–H groups in total. The highest BCUT2D eigenvalue weighted by atomic mass is 16.5. The SMILES string of the molecule is COc1ccc(CC(C)(O)C(C)C)cc1C(C)C. The highest BCUT2D eigenvalue weighted by Crippen LogP contribution is 2.29. The molecule has 0 aliphatic carbocycles. The van der Waals surface area contributed by atoms with Gasteiger partial charge in [-0.25, -0.2) is 0 Å². The fourth-order valence-electron chi connectivity index (χ4n) is 1.96. The van der Waals surface area contributed by atoms with Crippen LogP contribution in [0.2, 0.25) is 0 Å². The molecule has 2 heteroatoms. The summed E-state index contributed by atoms with van der Waals surface area (Å²) in [6, 6.07) is 6.20. The standard InChI is InChI=1S/C16H26O2/c1-11(2)14-9-13(7-8-15(14)18-6)10-16(5,17)12(3)4/h7-9,11-12,17H,10H2,1-6H3. The highest BCUT2D eigenvalue weighted by molar-refractivity contribution is 5.39. The van der Waals surface area contributed by atoms with Crippen molar-refractivity contribution in [3.63, 3.8) is 0 Å². The summed E-state index contributed by atoms with van der Waals surface area (Å²) in [6.45, 7) is 10.3. The molecule has 1 aromatic rings. The van der Waals surface area contributed by atoms with E-state index in [2.05, 4.69) is 19.9 Å². The Morgan fingerprint density at radius 1 is 1.22 bits per heavy atom. The maximum Gasteiger partial charge on any atom is 0.122 e. The monoisotopic (exact) mass is 250 g/mol. The first-order chi connectivity index (χ1) is 8.27. The molecule has 0 aromatic heterocycles. The second-order valence-corrected chi connectivity index (χ2v) is 5.92. The van der Waals surface area contributed by atoms with E-state index in [1.807, 2.05) is 32.9 Å². The molecule has 0 saturated heterocycles. The average molecular weight is 250 g/mol. The third-order valence-electron chi connectivity index (χ3n) is 3.72. The number of benzene rings is 1. The van der Waals surface area contributed by atoms with Gasteiger partial charge in [0.25, 0.3) is 0 Å². The maximum atomic E-state index is 10.4. The largest absolute Gasteiger partial charge is 0.496 e. The molecule has 2 nitrogen and oxygen atoms in total. The van der Waals surface area contributed by atoms with E-state index in [0.717, 1.165) is 5.75 Å². The number of hydrogen-bond acceptors (Lipinski definition) is 2. The molecular formula is C16H26O2. The number of methoxy groups -OCH3 is 1. The minimum atomic E-state index is -0.664. The Labute approximate surface area is 111 Å². The van der Waals surface area contributed by atoms with E-state index in [1.54, 1.807) is 7.11 Å². The van der Waals surface area contributed by atoms with Crippen LogP contribution in [0.4, 0.5) is 0 Å². The predicted octanol–water partition coefficient (Wildman–Crippen LogP) is 3.77. The highest BCUT2D eigenvalue weighted by Gasteiger charge is 2.25. The van der Waals surface area contributed by atoms with Crippen molar-refractivity contribution in [3.8, 4) is 5.75 Å². The lowest BCUT2D eigenvalue weighted by Gasteiger charge is -2.28. The Hall–Kier alpha value is -1.02. The molecule has 0 bridgehead atoms. The molecule has 0 fully saturated rings. The molecular weight excluding hydrogens is 224 g/mol. The molecule has 0 aliphatic heterocycles. The molecule has 0 amide bonds. The van der Waals surface area contributed by atoms with Crippen molar-refractivity contribution < 1.29 is 9.84 Å². The molecule has 1 unspecified atom stereocenters. The van der Waals surface area contributed by atoms with E-state index >= 15 is 0 Å². The van der Waals surface area contributed by atoms with Crippen LogP contribution < -0.4 is 4.74 Å². The van der Waals surface area contributed by atoms with Gasteiger partial charge in [-0.15, -0.1) is 0 Å². The van der Waals surface area contributed by atoms with Gasteiger partial charge in [-0.05, 0) is 36.0 Å². The topological polar surface area (TPSA) is 29.5 Å². The average Bonchev–Trinajstić information content (AvgIpc) is 2.28. The van der Waals surface area contributed by atoms with Crippen LogP contribution in [-0.2, 0) is 6.42 Å².